The van der Waals surface area contributed by atoms with Gasteiger partial charge in [-0.3, -0.25) is 0 Å². The largest absolute Gasteiger partial charge is 0.489 e. The maximum absolute atomic E-state index is 12.5. The standard InChI is InChI=1S/C16H13BrF3NO/c17-12-5-6-15-14(8-12)21-13(9-22-15)7-10-1-3-11(4-2-10)16(18,19)20/h1-6,8,13,21H,7,9H2. The van der Waals surface area contributed by atoms with Crippen LogP contribution >= 0.6 is 15.9 Å². The molecule has 6 heteroatoms. The van der Waals surface area contributed by atoms with Crippen LogP contribution in [0.4, 0.5) is 18.9 Å². The number of benzene rings is 2. The second kappa shape index (κ2) is 5.83. The highest BCUT2D eigenvalue weighted by molar-refractivity contribution is 9.10. The first-order chi connectivity index (χ1) is 10.4. The Bertz CT molecular complexity index is 670. The van der Waals surface area contributed by atoms with Gasteiger partial charge in [-0.15, -0.1) is 0 Å². The van der Waals surface area contributed by atoms with Crippen molar-refractivity contribution in [3.05, 3.63) is 58.1 Å². The Kier molecular flexibility index (Phi) is 4.04. The van der Waals surface area contributed by atoms with E-state index in [-0.39, 0.29) is 6.04 Å². The van der Waals surface area contributed by atoms with E-state index in [4.69, 9.17) is 4.74 Å². The third-order valence-electron chi connectivity index (χ3n) is 3.50. The molecule has 0 saturated heterocycles. The number of anilines is 1. The Balaban J connectivity index is 1.69. The van der Waals surface area contributed by atoms with Crippen molar-refractivity contribution >= 4 is 21.6 Å². The number of ether oxygens (including phenoxy) is 1. The minimum atomic E-state index is -4.30. The van der Waals surface area contributed by atoms with E-state index in [0.29, 0.717) is 13.0 Å². The van der Waals surface area contributed by atoms with E-state index >= 15 is 0 Å². The molecular weight excluding hydrogens is 359 g/mol. The molecule has 1 heterocycles. The lowest BCUT2D eigenvalue weighted by molar-refractivity contribution is -0.137. The highest BCUT2D eigenvalue weighted by Crippen LogP contribution is 2.33. The van der Waals surface area contributed by atoms with Gasteiger partial charge in [-0.1, -0.05) is 28.1 Å². The van der Waals surface area contributed by atoms with Crippen LogP contribution in [0.5, 0.6) is 5.75 Å². The Morgan fingerprint density at radius 1 is 1.14 bits per heavy atom. The van der Waals surface area contributed by atoms with Gasteiger partial charge >= 0.3 is 6.18 Å². The quantitative estimate of drug-likeness (QED) is 0.811. The molecule has 22 heavy (non-hydrogen) atoms. The fourth-order valence-electron chi connectivity index (χ4n) is 2.42. The zero-order valence-corrected chi connectivity index (χ0v) is 13.0. The molecule has 0 amide bonds. The number of alkyl halides is 3. The van der Waals surface area contributed by atoms with Crippen molar-refractivity contribution in [3.63, 3.8) is 0 Å². The third kappa shape index (κ3) is 3.38. The Morgan fingerprint density at radius 2 is 1.86 bits per heavy atom. The van der Waals surface area contributed by atoms with Gasteiger partial charge in [0.25, 0.3) is 0 Å². The summed E-state index contributed by atoms with van der Waals surface area (Å²) in [5.41, 5.74) is 1.10. The molecule has 0 spiro atoms. The van der Waals surface area contributed by atoms with Crippen molar-refractivity contribution < 1.29 is 17.9 Å². The number of hydrogen-bond donors (Lipinski definition) is 1. The van der Waals surface area contributed by atoms with Gasteiger partial charge in [0, 0.05) is 4.47 Å². The zero-order valence-electron chi connectivity index (χ0n) is 11.5. The molecule has 1 atom stereocenters. The molecule has 2 nitrogen and oxygen atoms in total. The predicted molar refractivity (Wildman–Crippen MR) is 82.2 cm³/mol. The predicted octanol–water partition coefficient (Wildman–Crippen LogP) is 4.88. The smallest absolute Gasteiger partial charge is 0.416 e. The SMILES string of the molecule is FC(F)(F)c1ccc(CC2COc3ccc(Br)cc3N2)cc1. The minimum Gasteiger partial charge on any atom is -0.489 e. The molecule has 0 aliphatic carbocycles. The van der Waals surface area contributed by atoms with Gasteiger partial charge in [0.05, 0.1) is 17.3 Å². The first-order valence-corrected chi connectivity index (χ1v) is 7.56. The molecule has 3 rings (SSSR count). The van der Waals surface area contributed by atoms with Crippen molar-refractivity contribution in [2.75, 3.05) is 11.9 Å². The van der Waals surface area contributed by atoms with Crippen LogP contribution in [0.3, 0.4) is 0 Å². The highest BCUT2D eigenvalue weighted by Gasteiger charge is 2.30. The fourth-order valence-corrected chi connectivity index (χ4v) is 2.78. The maximum atomic E-state index is 12.5. The van der Waals surface area contributed by atoms with Crippen LogP contribution in [-0.2, 0) is 12.6 Å². The van der Waals surface area contributed by atoms with E-state index in [9.17, 15) is 13.2 Å². The number of rotatable bonds is 2. The van der Waals surface area contributed by atoms with Gasteiger partial charge in [0.1, 0.15) is 12.4 Å². The van der Waals surface area contributed by atoms with Gasteiger partial charge in [-0.25, -0.2) is 0 Å². The van der Waals surface area contributed by atoms with Crippen LogP contribution in [0.2, 0.25) is 0 Å². The van der Waals surface area contributed by atoms with Crippen molar-refractivity contribution in [1.82, 2.24) is 0 Å². The van der Waals surface area contributed by atoms with Crippen molar-refractivity contribution in [1.29, 1.82) is 0 Å². The number of halogens is 4. The van der Waals surface area contributed by atoms with Gasteiger partial charge in [0.15, 0.2) is 0 Å². The van der Waals surface area contributed by atoms with E-state index < -0.39 is 11.7 Å². The minimum absolute atomic E-state index is 0.0264. The molecule has 0 radical (unpaired) electrons. The van der Waals surface area contributed by atoms with Crippen LogP contribution in [0.1, 0.15) is 11.1 Å². The molecule has 0 bridgehead atoms. The second-order valence-corrected chi connectivity index (χ2v) is 6.11. The molecule has 2 aromatic carbocycles. The van der Waals surface area contributed by atoms with Crippen molar-refractivity contribution in [3.8, 4) is 5.75 Å². The lowest BCUT2D eigenvalue weighted by Gasteiger charge is -2.27. The molecule has 0 aromatic heterocycles. The summed E-state index contributed by atoms with van der Waals surface area (Å²) in [6, 6.07) is 11.0. The second-order valence-electron chi connectivity index (χ2n) is 5.19. The van der Waals surface area contributed by atoms with Gasteiger partial charge in [-0.2, -0.15) is 13.2 Å². The molecule has 116 valence electrons. The zero-order chi connectivity index (χ0) is 15.7. The summed E-state index contributed by atoms with van der Waals surface area (Å²) in [7, 11) is 0. The topological polar surface area (TPSA) is 21.3 Å². The van der Waals surface area contributed by atoms with E-state index in [1.54, 1.807) is 0 Å². The fraction of sp³-hybridized carbons (Fsp3) is 0.250. The molecule has 0 saturated carbocycles. The van der Waals surface area contributed by atoms with Gasteiger partial charge in [0.2, 0.25) is 0 Å². The Labute approximate surface area is 134 Å². The van der Waals surface area contributed by atoms with Crippen LogP contribution in [0, 0.1) is 0 Å². The van der Waals surface area contributed by atoms with Gasteiger partial charge < -0.3 is 10.1 Å². The first kappa shape index (κ1) is 15.2. The van der Waals surface area contributed by atoms with Crippen molar-refractivity contribution in [2.45, 2.75) is 18.6 Å². The van der Waals surface area contributed by atoms with Gasteiger partial charge in [-0.05, 0) is 42.3 Å². The molecule has 1 N–H and O–H groups in total. The number of hydrogen-bond acceptors (Lipinski definition) is 2. The van der Waals surface area contributed by atoms with Crippen molar-refractivity contribution in [2.24, 2.45) is 0 Å². The normalized spacial score (nSPS) is 17.4. The van der Waals surface area contributed by atoms with E-state index in [1.807, 2.05) is 18.2 Å². The molecule has 2 aromatic rings. The van der Waals surface area contributed by atoms with E-state index in [0.717, 1.165) is 33.6 Å². The Morgan fingerprint density at radius 3 is 2.55 bits per heavy atom. The van der Waals surface area contributed by atoms with Crippen LogP contribution in [0.25, 0.3) is 0 Å². The average molecular weight is 372 g/mol. The summed E-state index contributed by atoms with van der Waals surface area (Å²) in [5, 5.41) is 3.35. The summed E-state index contributed by atoms with van der Waals surface area (Å²) in [6.07, 6.45) is -3.69. The third-order valence-corrected chi connectivity index (χ3v) is 4.00. The van der Waals surface area contributed by atoms with Crippen LogP contribution in [0.15, 0.2) is 46.9 Å². The monoisotopic (exact) mass is 371 g/mol. The maximum Gasteiger partial charge on any atom is 0.416 e. The number of fused-ring (bicyclic) bond motifs is 1. The molecular formula is C16H13BrF3NO. The molecule has 1 unspecified atom stereocenters. The van der Waals surface area contributed by atoms with E-state index in [1.165, 1.54) is 12.1 Å². The van der Waals surface area contributed by atoms with E-state index in [2.05, 4.69) is 21.2 Å². The summed E-state index contributed by atoms with van der Waals surface area (Å²) in [6.45, 7) is 0.482. The molecule has 1 aliphatic heterocycles. The lowest BCUT2D eigenvalue weighted by Crippen LogP contribution is -2.33. The summed E-state index contributed by atoms with van der Waals surface area (Å²) >= 11 is 3.40. The summed E-state index contributed by atoms with van der Waals surface area (Å²) in [5.74, 6) is 0.784. The molecule has 1 aliphatic rings. The first-order valence-electron chi connectivity index (χ1n) is 6.77. The number of nitrogens with one attached hydrogen (secondary N) is 1. The summed E-state index contributed by atoms with van der Waals surface area (Å²) < 4.78 is 44.3. The average Bonchev–Trinajstić information content (AvgIpc) is 2.46. The Hall–Kier alpha value is -1.69. The molecule has 0 fully saturated rings. The lowest BCUT2D eigenvalue weighted by atomic mass is 10.0. The summed E-state index contributed by atoms with van der Waals surface area (Å²) in [4.78, 5) is 0. The van der Waals surface area contributed by atoms with Crippen LogP contribution in [-0.4, -0.2) is 12.6 Å². The highest BCUT2D eigenvalue weighted by atomic mass is 79.9. The van der Waals surface area contributed by atoms with Crippen LogP contribution < -0.4 is 10.1 Å².